The number of thiazole rings is 1. The third-order valence-electron chi connectivity index (χ3n) is 7.07. The van der Waals surface area contributed by atoms with Gasteiger partial charge in [-0.2, -0.15) is 0 Å². The van der Waals surface area contributed by atoms with Crippen molar-refractivity contribution in [3.8, 4) is 0 Å². The van der Waals surface area contributed by atoms with Crippen LogP contribution in [0.2, 0.25) is 0 Å². The summed E-state index contributed by atoms with van der Waals surface area (Å²) in [6, 6.07) is 0. The minimum atomic E-state index is 0.0444. The maximum atomic E-state index is 13.4. The van der Waals surface area contributed by atoms with Gasteiger partial charge >= 0.3 is 0 Å². The molecule has 4 bridgehead atoms. The second-order valence-corrected chi connectivity index (χ2v) is 9.56. The summed E-state index contributed by atoms with van der Waals surface area (Å²) in [4.78, 5) is 20.1. The van der Waals surface area contributed by atoms with E-state index >= 15 is 0 Å². The van der Waals surface area contributed by atoms with E-state index in [1.807, 2.05) is 6.20 Å². The van der Waals surface area contributed by atoms with Gasteiger partial charge in [0.05, 0.1) is 10.4 Å². The van der Waals surface area contributed by atoms with Crippen molar-refractivity contribution in [1.82, 2.24) is 9.88 Å². The van der Waals surface area contributed by atoms with E-state index in [0.29, 0.717) is 11.8 Å². The van der Waals surface area contributed by atoms with Gasteiger partial charge in [0.2, 0.25) is 5.91 Å². The molecule has 1 amide bonds. The van der Waals surface area contributed by atoms with Crippen LogP contribution in [0.15, 0.2) is 11.6 Å². The summed E-state index contributed by atoms with van der Waals surface area (Å²) in [5.41, 5.74) is 0.0444. The fourth-order valence-electron chi connectivity index (χ4n) is 6.47. The van der Waals surface area contributed by atoms with E-state index in [1.54, 1.807) is 11.3 Å². The van der Waals surface area contributed by atoms with Crippen molar-refractivity contribution in [3.63, 3.8) is 0 Å². The molecule has 1 saturated heterocycles. The second-order valence-electron chi connectivity index (χ2n) is 8.63. The number of hydrogen-bond donors (Lipinski definition) is 0. The van der Waals surface area contributed by atoms with Gasteiger partial charge in [-0.25, -0.2) is 4.98 Å². The van der Waals surface area contributed by atoms with Crippen molar-refractivity contribution in [2.75, 3.05) is 13.1 Å². The zero-order valence-corrected chi connectivity index (χ0v) is 14.6. The molecule has 1 aromatic rings. The van der Waals surface area contributed by atoms with Crippen LogP contribution in [0.4, 0.5) is 0 Å². The Morgan fingerprint density at radius 2 is 1.70 bits per heavy atom. The molecule has 23 heavy (non-hydrogen) atoms. The highest BCUT2D eigenvalue weighted by Crippen LogP contribution is 2.60. The Kier molecular flexibility index (Phi) is 3.33. The summed E-state index contributed by atoms with van der Waals surface area (Å²) >= 11 is 1.77. The van der Waals surface area contributed by atoms with Crippen LogP contribution in [-0.4, -0.2) is 28.9 Å². The fraction of sp³-hybridized carbons (Fsp3) is 0.789. The topological polar surface area (TPSA) is 33.2 Å². The Balaban J connectivity index is 1.29. The lowest BCUT2D eigenvalue weighted by Crippen LogP contribution is -2.55. The third kappa shape index (κ3) is 2.36. The number of amides is 1. The van der Waals surface area contributed by atoms with Crippen LogP contribution in [0, 0.1) is 23.2 Å². The SMILES string of the molecule is O=C(N1CCC(c2nccs2)CC1)C12CC3CC(CC(C3)C1)C2. The number of likely N-dealkylation sites (tertiary alicyclic amines) is 1. The van der Waals surface area contributed by atoms with E-state index in [4.69, 9.17) is 0 Å². The first-order valence-corrected chi connectivity index (χ1v) is 10.3. The van der Waals surface area contributed by atoms with Gasteiger partial charge in [-0.1, -0.05) is 0 Å². The van der Waals surface area contributed by atoms with Gasteiger partial charge in [-0.05, 0) is 69.1 Å². The second kappa shape index (κ2) is 5.30. The van der Waals surface area contributed by atoms with Crippen molar-refractivity contribution in [1.29, 1.82) is 0 Å². The van der Waals surface area contributed by atoms with Crippen molar-refractivity contribution < 1.29 is 4.79 Å². The molecule has 0 unspecified atom stereocenters. The van der Waals surface area contributed by atoms with Gasteiger partial charge in [0, 0.05) is 30.6 Å². The van der Waals surface area contributed by atoms with Crippen molar-refractivity contribution in [2.24, 2.45) is 23.2 Å². The van der Waals surface area contributed by atoms with Crippen molar-refractivity contribution in [3.05, 3.63) is 16.6 Å². The zero-order valence-electron chi connectivity index (χ0n) is 13.7. The quantitative estimate of drug-likeness (QED) is 0.819. The van der Waals surface area contributed by atoms with Crippen molar-refractivity contribution >= 4 is 17.2 Å². The van der Waals surface area contributed by atoms with Crippen LogP contribution in [0.25, 0.3) is 0 Å². The summed E-state index contributed by atoms with van der Waals surface area (Å²) in [6.07, 6.45) is 12.0. The Hall–Kier alpha value is -0.900. The highest BCUT2D eigenvalue weighted by atomic mass is 32.1. The van der Waals surface area contributed by atoms with Crippen LogP contribution in [0.1, 0.15) is 62.3 Å². The average Bonchev–Trinajstić information content (AvgIpc) is 3.07. The molecule has 2 heterocycles. The first-order valence-electron chi connectivity index (χ1n) is 9.41. The zero-order chi connectivity index (χ0) is 15.4. The first-order chi connectivity index (χ1) is 11.2. The average molecular weight is 330 g/mol. The standard InChI is InChI=1S/C19H26N2OS/c22-18(19-10-13-7-14(11-19)9-15(8-13)12-19)21-4-1-16(2-5-21)17-20-3-6-23-17/h3,6,13-16H,1-2,4-5,7-12H2. The van der Waals surface area contributed by atoms with E-state index in [1.165, 1.54) is 43.5 Å². The molecule has 0 aromatic carbocycles. The van der Waals surface area contributed by atoms with Crippen LogP contribution < -0.4 is 0 Å². The van der Waals surface area contributed by atoms with Crippen LogP contribution in [0.5, 0.6) is 0 Å². The number of rotatable bonds is 2. The smallest absolute Gasteiger partial charge is 0.228 e. The molecule has 3 nitrogen and oxygen atoms in total. The van der Waals surface area contributed by atoms with E-state index in [9.17, 15) is 4.79 Å². The number of piperidine rings is 1. The Bertz CT molecular complexity index is 553. The van der Waals surface area contributed by atoms with Crippen LogP contribution in [-0.2, 0) is 4.79 Å². The molecular formula is C19H26N2OS. The minimum Gasteiger partial charge on any atom is -0.342 e. The van der Waals surface area contributed by atoms with Crippen molar-refractivity contribution in [2.45, 2.75) is 57.3 Å². The molecular weight excluding hydrogens is 304 g/mol. The lowest BCUT2D eigenvalue weighted by Gasteiger charge is -2.57. The molecule has 4 aliphatic carbocycles. The fourth-order valence-corrected chi connectivity index (χ4v) is 7.28. The van der Waals surface area contributed by atoms with E-state index in [-0.39, 0.29) is 5.41 Å². The van der Waals surface area contributed by atoms with Gasteiger partial charge in [0.15, 0.2) is 0 Å². The number of carbonyl (C=O) groups excluding carboxylic acids is 1. The molecule has 6 rings (SSSR count). The molecule has 0 atom stereocenters. The highest BCUT2D eigenvalue weighted by molar-refractivity contribution is 7.09. The Labute approximate surface area is 142 Å². The predicted molar refractivity (Wildman–Crippen MR) is 91.3 cm³/mol. The molecule has 1 aliphatic heterocycles. The monoisotopic (exact) mass is 330 g/mol. The normalized spacial score (nSPS) is 39.8. The molecule has 124 valence electrons. The molecule has 4 saturated carbocycles. The highest BCUT2D eigenvalue weighted by Gasteiger charge is 2.55. The summed E-state index contributed by atoms with van der Waals surface area (Å²) in [5, 5.41) is 3.34. The van der Waals surface area contributed by atoms with E-state index < -0.39 is 0 Å². The lowest BCUT2D eigenvalue weighted by atomic mass is 9.49. The van der Waals surface area contributed by atoms with E-state index in [0.717, 1.165) is 43.7 Å². The maximum absolute atomic E-state index is 13.4. The van der Waals surface area contributed by atoms with Gasteiger partial charge < -0.3 is 4.90 Å². The maximum Gasteiger partial charge on any atom is 0.228 e. The third-order valence-corrected chi connectivity index (χ3v) is 8.01. The molecule has 0 spiro atoms. The molecule has 5 fully saturated rings. The number of aromatic nitrogens is 1. The summed E-state index contributed by atoms with van der Waals surface area (Å²) in [6.45, 7) is 1.90. The molecule has 5 aliphatic rings. The van der Waals surface area contributed by atoms with Gasteiger partial charge in [-0.15, -0.1) is 11.3 Å². The molecule has 0 N–H and O–H groups in total. The molecule has 0 radical (unpaired) electrons. The van der Waals surface area contributed by atoms with Gasteiger partial charge in [0.25, 0.3) is 0 Å². The Morgan fingerprint density at radius 3 is 2.22 bits per heavy atom. The number of carbonyl (C=O) groups is 1. The van der Waals surface area contributed by atoms with Gasteiger partial charge in [-0.3, -0.25) is 4.79 Å². The summed E-state index contributed by atoms with van der Waals surface area (Å²) in [5.74, 6) is 3.68. The largest absolute Gasteiger partial charge is 0.342 e. The summed E-state index contributed by atoms with van der Waals surface area (Å²) in [7, 11) is 0. The van der Waals surface area contributed by atoms with E-state index in [2.05, 4.69) is 15.3 Å². The molecule has 4 heteroatoms. The van der Waals surface area contributed by atoms with Crippen LogP contribution >= 0.6 is 11.3 Å². The summed E-state index contributed by atoms with van der Waals surface area (Å²) < 4.78 is 0. The first kappa shape index (κ1) is 14.4. The predicted octanol–water partition coefficient (Wildman–Crippen LogP) is 4.07. The van der Waals surface area contributed by atoms with Crippen LogP contribution in [0.3, 0.4) is 0 Å². The lowest BCUT2D eigenvalue weighted by molar-refractivity contribution is -0.158. The minimum absolute atomic E-state index is 0.0444. The number of hydrogen-bond acceptors (Lipinski definition) is 3. The Morgan fingerprint density at radius 1 is 1.09 bits per heavy atom. The van der Waals surface area contributed by atoms with Gasteiger partial charge in [0.1, 0.15) is 0 Å². The molecule has 1 aromatic heterocycles. The number of nitrogens with zero attached hydrogens (tertiary/aromatic N) is 2.